The zero-order valence-corrected chi connectivity index (χ0v) is 11.9. The van der Waals surface area contributed by atoms with Crippen molar-refractivity contribution in [2.45, 2.75) is 0 Å². The third-order valence-electron chi connectivity index (χ3n) is 1.96. The van der Waals surface area contributed by atoms with Crippen LogP contribution in [0.4, 0.5) is 11.4 Å². The summed E-state index contributed by atoms with van der Waals surface area (Å²) >= 11 is 1.70. The van der Waals surface area contributed by atoms with Crippen molar-refractivity contribution in [2.75, 3.05) is 0 Å². The van der Waals surface area contributed by atoms with E-state index in [1.54, 1.807) is 22.6 Å². The molecule has 0 aliphatic rings. The molecule has 0 aliphatic carbocycles. The number of guanidine groups is 2. The predicted octanol–water partition coefficient (Wildman–Crippen LogP) is 0.117. The second-order valence-electron chi connectivity index (χ2n) is 3.39. The van der Waals surface area contributed by atoms with E-state index in [9.17, 15) is 14.9 Å². The van der Waals surface area contributed by atoms with Gasteiger partial charge in [0.15, 0.2) is 5.96 Å². The van der Waals surface area contributed by atoms with Gasteiger partial charge in [-0.15, -0.1) is 0 Å². The average Bonchev–Trinajstić information content (AvgIpc) is 2.29. The van der Waals surface area contributed by atoms with Crippen molar-refractivity contribution in [3.63, 3.8) is 0 Å². The normalized spacial score (nSPS) is 10.9. The van der Waals surface area contributed by atoms with E-state index in [2.05, 4.69) is 9.98 Å². The van der Waals surface area contributed by atoms with Crippen LogP contribution in [0.1, 0.15) is 10.4 Å². The van der Waals surface area contributed by atoms with Crippen LogP contribution < -0.4 is 17.2 Å². The van der Waals surface area contributed by atoms with Crippen LogP contribution >= 0.6 is 22.6 Å². The molecule has 0 amide bonds. The van der Waals surface area contributed by atoms with Crippen LogP contribution in [0.2, 0.25) is 0 Å². The molecule has 7 N–H and O–H groups in total. The molecule has 10 nitrogen and oxygen atoms in total. The highest BCUT2D eigenvalue weighted by molar-refractivity contribution is 14.1. The van der Waals surface area contributed by atoms with Crippen molar-refractivity contribution in [3.05, 3.63) is 31.4 Å². The smallest absolute Gasteiger partial charge is 0.338 e. The highest BCUT2D eigenvalue weighted by Crippen LogP contribution is 2.31. The number of hydrogen-bond donors (Lipinski definition) is 4. The summed E-state index contributed by atoms with van der Waals surface area (Å²) in [6.45, 7) is 0. The molecule has 0 radical (unpaired) electrons. The molecule has 1 aromatic rings. The molecule has 106 valence electrons. The summed E-state index contributed by atoms with van der Waals surface area (Å²) in [5.74, 6) is -2.10. The zero-order chi connectivity index (χ0) is 15.4. The molecule has 1 aromatic carbocycles. The SMILES string of the molecule is NC(N)=NC(N)=Nc1c(I)cc([N+](=O)[O-])cc1C(=O)O. The van der Waals surface area contributed by atoms with Crippen LogP contribution in [0.3, 0.4) is 0 Å². The van der Waals surface area contributed by atoms with E-state index in [0.29, 0.717) is 0 Å². The van der Waals surface area contributed by atoms with Gasteiger partial charge in [0.2, 0.25) is 5.96 Å². The van der Waals surface area contributed by atoms with E-state index >= 15 is 0 Å². The van der Waals surface area contributed by atoms with Crippen molar-refractivity contribution < 1.29 is 14.8 Å². The standard InChI is InChI=1S/C9H9IN6O4/c10-5-2-3(16(19)20)1-4(7(17)18)6(5)14-9(13)15-8(11)12/h1-2H,(H,17,18)(H6,11,12,13,14,15). The summed E-state index contributed by atoms with van der Waals surface area (Å²) in [5.41, 5.74) is 14.8. The van der Waals surface area contributed by atoms with Crippen LogP contribution in [0, 0.1) is 13.7 Å². The highest BCUT2D eigenvalue weighted by atomic mass is 127. The number of carboxylic acid groups (broad SMARTS) is 1. The molecule has 0 saturated heterocycles. The minimum Gasteiger partial charge on any atom is -0.478 e. The largest absolute Gasteiger partial charge is 0.478 e. The van der Waals surface area contributed by atoms with Gasteiger partial charge in [0, 0.05) is 15.7 Å². The third kappa shape index (κ3) is 3.78. The maximum Gasteiger partial charge on any atom is 0.338 e. The van der Waals surface area contributed by atoms with E-state index in [1.165, 1.54) is 0 Å². The maximum absolute atomic E-state index is 11.1. The maximum atomic E-state index is 11.1. The lowest BCUT2D eigenvalue weighted by atomic mass is 10.1. The first-order chi connectivity index (χ1) is 9.22. The summed E-state index contributed by atoms with van der Waals surface area (Å²) in [7, 11) is 0. The van der Waals surface area contributed by atoms with E-state index in [1.807, 2.05) is 0 Å². The highest BCUT2D eigenvalue weighted by Gasteiger charge is 2.19. The van der Waals surface area contributed by atoms with E-state index < -0.39 is 10.9 Å². The molecule has 0 unspecified atom stereocenters. The Balaban J connectivity index is 3.50. The van der Waals surface area contributed by atoms with Gasteiger partial charge in [0.05, 0.1) is 16.2 Å². The molecule has 11 heteroatoms. The van der Waals surface area contributed by atoms with Gasteiger partial charge < -0.3 is 22.3 Å². The number of rotatable bonds is 3. The minimum absolute atomic E-state index is 0.0637. The van der Waals surface area contributed by atoms with Gasteiger partial charge in [0.25, 0.3) is 5.69 Å². The zero-order valence-electron chi connectivity index (χ0n) is 9.78. The van der Waals surface area contributed by atoms with Gasteiger partial charge in [-0.1, -0.05) is 0 Å². The number of hydrogen-bond acceptors (Lipinski definition) is 4. The van der Waals surface area contributed by atoms with Gasteiger partial charge in [-0.25, -0.2) is 9.79 Å². The number of nitro groups is 1. The molecule has 0 spiro atoms. The lowest BCUT2D eigenvalue weighted by molar-refractivity contribution is -0.385. The monoisotopic (exact) mass is 392 g/mol. The van der Waals surface area contributed by atoms with Crippen LogP contribution in [0.15, 0.2) is 22.1 Å². The lowest BCUT2D eigenvalue weighted by Gasteiger charge is -2.04. The summed E-state index contributed by atoms with van der Waals surface area (Å²) in [6, 6.07) is 2.04. The number of nitrogens with two attached hydrogens (primary N) is 3. The Morgan fingerprint density at radius 2 is 1.95 bits per heavy atom. The molecule has 0 bridgehead atoms. The Labute approximate surface area is 125 Å². The van der Waals surface area contributed by atoms with Gasteiger partial charge in [-0.05, 0) is 22.6 Å². The number of halogens is 1. The molecule has 0 heterocycles. The quantitative estimate of drug-likeness (QED) is 0.185. The van der Waals surface area contributed by atoms with Crippen molar-refractivity contribution >= 4 is 51.9 Å². The molecule has 0 saturated carbocycles. The second-order valence-corrected chi connectivity index (χ2v) is 4.55. The van der Waals surface area contributed by atoms with Crippen LogP contribution in [0.5, 0.6) is 0 Å². The number of nitro benzene ring substituents is 1. The first-order valence-electron chi connectivity index (χ1n) is 4.87. The number of nitrogens with zero attached hydrogens (tertiary/aromatic N) is 3. The van der Waals surface area contributed by atoms with Gasteiger partial charge in [-0.2, -0.15) is 4.99 Å². The fraction of sp³-hybridized carbons (Fsp3) is 0. The summed E-state index contributed by atoms with van der Waals surface area (Å²) < 4.78 is 0.225. The van der Waals surface area contributed by atoms with Crippen molar-refractivity contribution in [2.24, 2.45) is 27.2 Å². The lowest BCUT2D eigenvalue weighted by Crippen LogP contribution is -2.26. The van der Waals surface area contributed by atoms with Gasteiger partial charge in [-0.3, -0.25) is 10.1 Å². The Bertz CT molecular complexity index is 638. The van der Waals surface area contributed by atoms with Crippen molar-refractivity contribution in [1.82, 2.24) is 0 Å². The van der Waals surface area contributed by atoms with Gasteiger partial charge in [0.1, 0.15) is 0 Å². The first-order valence-corrected chi connectivity index (χ1v) is 5.95. The van der Waals surface area contributed by atoms with E-state index in [-0.39, 0.29) is 32.4 Å². The number of aliphatic imine (C=N–C) groups is 2. The number of benzene rings is 1. The Morgan fingerprint density at radius 1 is 1.35 bits per heavy atom. The molecule has 20 heavy (non-hydrogen) atoms. The molecule has 0 aromatic heterocycles. The first kappa shape index (κ1) is 15.6. The molecular weight excluding hydrogens is 383 g/mol. The number of aromatic carboxylic acids is 1. The fourth-order valence-corrected chi connectivity index (χ4v) is 1.97. The van der Waals surface area contributed by atoms with Crippen LogP contribution in [-0.2, 0) is 0 Å². The summed E-state index contributed by atoms with van der Waals surface area (Å²) in [6.07, 6.45) is 0. The summed E-state index contributed by atoms with van der Waals surface area (Å²) in [5, 5.41) is 19.8. The number of carbonyl (C=O) groups is 1. The number of non-ortho nitro benzene ring substituents is 1. The Morgan fingerprint density at radius 3 is 2.40 bits per heavy atom. The van der Waals surface area contributed by atoms with Gasteiger partial charge >= 0.3 is 5.97 Å². The predicted molar refractivity (Wildman–Crippen MR) is 79.9 cm³/mol. The molecule has 0 atom stereocenters. The topological polar surface area (TPSA) is 183 Å². The molecule has 0 aliphatic heterocycles. The number of carboxylic acids is 1. The Hall–Kier alpha value is -2.44. The Kier molecular flexibility index (Phi) is 4.79. The van der Waals surface area contributed by atoms with Crippen molar-refractivity contribution in [3.8, 4) is 0 Å². The average molecular weight is 392 g/mol. The summed E-state index contributed by atoms with van der Waals surface area (Å²) in [4.78, 5) is 28.3. The minimum atomic E-state index is -1.39. The third-order valence-corrected chi connectivity index (χ3v) is 2.78. The molecule has 1 rings (SSSR count). The molecular formula is C9H9IN6O4. The van der Waals surface area contributed by atoms with Crippen molar-refractivity contribution in [1.29, 1.82) is 0 Å². The second kappa shape index (κ2) is 6.14. The fourth-order valence-electron chi connectivity index (χ4n) is 1.24. The van der Waals surface area contributed by atoms with E-state index in [4.69, 9.17) is 22.3 Å². The van der Waals surface area contributed by atoms with Crippen LogP contribution in [-0.4, -0.2) is 27.9 Å². The van der Waals surface area contributed by atoms with E-state index in [0.717, 1.165) is 12.1 Å². The molecule has 0 fully saturated rings. The van der Waals surface area contributed by atoms with Crippen LogP contribution in [0.25, 0.3) is 0 Å².